The Balaban J connectivity index is 1.99. The minimum absolute atomic E-state index is 0.279. The summed E-state index contributed by atoms with van der Waals surface area (Å²) in [7, 11) is 0. The van der Waals surface area contributed by atoms with E-state index in [1.165, 1.54) is 29.0 Å². The number of anilines is 1. The van der Waals surface area contributed by atoms with Crippen molar-refractivity contribution in [2.45, 2.75) is 37.6 Å². The highest BCUT2D eigenvalue weighted by molar-refractivity contribution is 7.18. The van der Waals surface area contributed by atoms with Crippen LogP contribution in [0.3, 0.4) is 0 Å². The van der Waals surface area contributed by atoms with Crippen LogP contribution < -0.4 is 11.5 Å². The van der Waals surface area contributed by atoms with Gasteiger partial charge in [-0.1, -0.05) is 12.8 Å². The lowest BCUT2D eigenvalue weighted by Crippen LogP contribution is -2.31. The summed E-state index contributed by atoms with van der Waals surface area (Å²) in [6, 6.07) is 6.22. The van der Waals surface area contributed by atoms with Crippen molar-refractivity contribution in [1.82, 2.24) is 4.98 Å². The van der Waals surface area contributed by atoms with Crippen LogP contribution in [0.15, 0.2) is 18.2 Å². The number of rotatable bonds is 1. The number of thiazole rings is 1. The molecule has 1 heterocycles. The Morgan fingerprint density at radius 1 is 1.24 bits per heavy atom. The van der Waals surface area contributed by atoms with Gasteiger partial charge in [-0.05, 0) is 31.0 Å². The van der Waals surface area contributed by atoms with Crippen LogP contribution in [0.25, 0.3) is 10.2 Å². The van der Waals surface area contributed by atoms with Crippen LogP contribution in [-0.4, -0.2) is 11.0 Å². The third-order valence-corrected chi connectivity index (χ3v) is 4.73. The summed E-state index contributed by atoms with van der Waals surface area (Å²) < 4.78 is 1.21. The highest BCUT2D eigenvalue weighted by Gasteiger charge is 2.26. The van der Waals surface area contributed by atoms with Crippen molar-refractivity contribution < 1.29 is 0 Å². The molecule has 2 unspecified atom stereocenters. The van der Waals surface area contributed by atoms with Gasteiger partial charge in [0.15, 0.2) is 0 Å². The molecule has 2 atom stereocenters. The summed E-state index contributed by atoms with van der Waals surface area (Å²) in [5.41, 5.74) is 13.8. The van der Waals surface area contributed by atoms with Gasteiger partial charge in [-0.25, -0.2) is 4.98 Å². The molecule has 1 aromatic heterocycles. The highest BCUT2D eigenvalue weighted by Crippen LogP contribution is 2.36. The van der Waals surface area contributed by atoms with Crippen LogP contribution >= 0.6 is 11.3 Å². The highest BCUT2D eigenvalue weighted by atomic mass is 32.1. The van der Waals surface area contributed by atoms with Gasteiger partial charge in [-0.15, -0.1) is 11.3 Å². The Morgan fingerprint density at radius 3 is 2.88 bits per heavy atom. The molecule has 1 fully saturated rings. The molecule has 1 aromatic carbocycles. The number of nitrogen functional groups attached to an aromatic ring is 1. The molecule has 90 valence electrons. The fourth-order valence-corrected chi connectivity index (χ4v) is 3.75. The van der Waals surface area contributed by atoms with E-state index in [-0.39, 0.29) is 6.04 Å². The largest absolute Gasteiger partial charge is 0.399 e. The normalized spacial score (nSPS) is 25.2. The Hall–Kier alpha value is -1.13. The molecule has 0 saturated heterocycles. The fraction of sp³-hybridized carbons (Fsp3) is 0.462. The van der Waals surface area contributed by atoms with E-state index in [2.05, 4.69) is 6.07 Å². The van der Waals surface area contributed by atoms with Crippen LogP contribution in [0.5, 0.6) is 0 Å². The molecule has 1 aliphatic carbocycles. The van der Waals surface area contributed by atoms with Gasteiger partial charge in [0.25, 0.3) is 0 Å². The van der Waals surface area contributed by atoms with Crippen LogP contribution in [0.1, 0.15) is 36.6 Å². The summed E-state index contributed by atoms with van der Waals surface area (Å²) in [4.78, 5) is 4.71. The van der Waals surface area contributed by atoms with E-state index in [1.54, 1.807) is 11.3 Å². The van der Waals surface area contributed by atoms with Crippen molar-refractivity contribution in [2.75, 3.05) is 5.73 Å². The van der Waals surface area contributed by atoms with Crippen molar-refractivity contribution in [3.8, 4) is 0 Å². The number of hydrogen-bond acceptors (Lipinski definition) is 4. The summed E-state index contributed by atoms with van der Waals surface area (Å²) in [5.74, 6) is 0.447. The topological polar surface area (TPSA) is 64.9 Å². The fourth-order valence-electron chi connectivity index (χ4n) is 2.59. The second kappa shape index (κ2) is 4.27. The molecule has 0 aliphatic heterocycles. The molecule has 1 saturated carbocycles. The Labute approximate surface area is 105 Å². The van der Waals surface area contributed by atoms with E-state index in [9.17, 15) is 0 Å². The quantitative estimate of drug-likeness (QED) is 0.762. The molecule has 3 rings (SSSR count). The van der Waals surface area contributed by atoms with Gasteiger partial charge in [0.2, 0.25) is 0 Å². The van der Waals surface area contributed by atoms with Gasteiger partial charge in [0.1, 0.15) is 0 Å². The second-order valence-corrected chi connectivity index (χ2v) is 5.90. The maximum atomic E-state index is 6.20. The number of nitrogens with zero attached hydrogens (tertiary/aromatic N) is 1. The van der Waals surface area contributed by atoms with Crippen molar-refractivity contribution in [1.29, 1.82) is 0 Å². The minimum atomic E-state index is 0.279. The minimum Gasteiger partial charge on any atom is -0.399 e. The lowest BCUT2D eigenvalue weighted by Gasteiger charge is -2.26. The van der Waals surface area contributed by atoms with Gasteiger partial charge in [0, 0.05) is 17.6 Å². The van der Waals surface area contributed by atoms with Gasteiger partial charge in [0.05, 0.1) is 15.2 Å². The Bertz CT molecular complexity index is 534. The number of fused-ring (bicyclic) bond motifs is 1. The number of nitrogens with two attached hydrogens (primary N) is 2. The zero-order valence-corrected chi connectivity index (χ0v) is 10.5. The Kier molecular flexibility index (Phi) is 2.76. The smallest absolute Gasteiger partial charge is 0.0984 e. The predicted octanol–water partition coefficient (Wildman–Crippen LogP) is 2.86. The van der Waals surface area contributed by atoms with Crippen LogP contribution in [0.4, 0.5) is 5.69 Å². The maximum Gasteiger partial charge on any atom is 0.0984 e. The van der Waals surface area contributed by atoms with E-state index in [0.717, 1.165) is 17.6 Å². The molecule has 3 nitrogen and oxygen atoms in total. The second-order valence-electron chi connectivity index (χ2n) is 4.83. The van der Waals surface area contributed by atoms with E-state index in [4.69, 9.17) is 16.5 Å². The zero-order valence-electron chi connectivity index (χ0n) is 9.73. The maximum absolute atomic E-state index is 6.20. The molecule has 0 bridgehead atoms. The summed E-state index contributed by atoms with van der Waals surface area (Å²) in [5, 5.41) is 1.19. The molecular formula is C13H17N3S. The molecule has 4 heteroatoms. The molecule has 17 heavy (non-hydrogen) atoms. The summed E-state index contributed by atoms with van der Waals surface area (Å²) >= 11 is 1.77. The molecule has 0 spiro atoms. The summed E-state index contributed by atoms with van der Waals surface area (Å²) in [6.45, 7) is 0. The number of benzene rings is 1. The molecular weight excluding hydrogens is 230 g/mol. The van der Waals surface area contributed by atoms with Gasteiger partial charge >= 0.3 is 0 Å². The Morgan fingerprint density at radius 2 is 2.06 bits per heavy atom. The van der Waals surface area contributed by atoms with Crippen molar-refractivity contribution in [2.24, 2.45) is 5.73 Å². The van der Waals surface area contributed by atoms with Gasteiger partial charge in [-0.2, -0.15) is 0 Å². The van der Waals surface area contributed by atoms with Crippen LogP contribution in [0.2, 0.25) is 0 Å². The standard InChI is InChI=1S/C13H17N3S/c14-8-5-6-12-11(7-8)16-13(17-12)9-3-1-2-4-10(9)15/h5-7,9-10H,1-4,14-15H2. The van der Waals surface area contributed by atoms with E-state index in [1.807, 2.05) is 12.1 Å². The van der Waals surface area contributed by atoms with E-state index in [0.29, 0.717) is 5.92 Å². The molecule has 1 aliphatic rings. The van der Waals surface area contributed by atoms with Crippen molar-refractivity contribution in [3.63, 3.8) is 0 Å². The first-order valence-corrected chi connectivity index (χ1v) is 6.97. The van der Waals surface area contributed by atoms with Crippen molar-refractivity contribution >= 4 is 27.2 Å². The van der Waals surface area contributed by atoms with Gasteiger partial charge in [-0.3, -0.25) is 0 Å². The van der Waals surface area contributed by atoms with Crippen LogP contribution in [0, 0.1) is 0 Å². The number of aromatic nitrogens is 1. The van der Waals surface area contributed by atoms with Gasteiger partial charge < -0.3 is 11.5 Å². The third-order valence-electron chi connectivity index (χ3n) is 3.56. The number of hydrogen-bond donors (Lipinski definition) is 2. The average Bonchev–Trinajstić information content (AvgIpc) is 2.72. The monoisotopic (exact) mass is 247 g/mol. The molecule has 0 amide bonds. The predicted molar refractivity (Wildman–Crippen MR) is 73.2 cm³/mol. The van der Waals surface area contributed by atoms with Crippen molar-refractivity contribution in [3.05, 3.63) is 23.2 Å². The van der Waals surface area contributed by atoms with Crippen LogP contribution in [-0.2, 0) is 0 Å². The summed E-state index contributed by atoms with van der Waals surface area (Å²) in [6.07, 6.45) is 4.84. The SMILES string of the molecule is Nc1ccc2sc(C3CCCCC3N)nc2c1. The lowest BCUT2D eigenvalue weighted by molar-refractivity contribution is 0.385. The first-order chi connectivity index (χ1) is 8.24. The molecule has 4 N–H and O–H groups in total. The first kappa shape index (κ1) is 11.0. The van der Waals surface area contributed by atoms with E-state index >= 15 is 0 Å². The first-order valence-electron chi connectivity index (χ1n) is 6.15. The average molecular weight is 247 g/mol. The zero-order chi connectivity index (χ0) is 11.8. The third kappa shape index (κ3) is 2.03. The van der Waals surface area contributed by atoms with E-state index < -0.39 is 0 Å². The molecule has 0 radical (unpaired) electrons. The lowest BCUT2D eigenvalue weighted by atomic mass is 9.85. The molecule has 2 aromatic rings.